The van der Waals surface area contributed by atoms with Gasteiger partial charge in [0.05, 0.1) is 5.69 Å². The SMILES string of the molecule is c1ccc(-c2cc(NC3CCC3)n3ncnc3n2)cc1. The Morgan fingerprint density at radius 1 is 1.15 bits per heavy atom. The maximum atomic E-state index is 4.57. The van der Waals surface area contributed by atoms with E-state index in [2.05, 4.69) is 38.6 Å². The van der Waals surface area contributed by atoms with Crippen LogP contribution in [-0.4, -0.2) is 25.6 Å². The number of hydrogen-bond acceptors (Lipinski definition) is 4. The summed E-state index contributed by atoms with van der Waals surface area (Å²) in [5.41, 5.74) is 2.02. The summed E-state index contributed by atoms with van der Waals surface area (Å²) in [5.74, 6) is 1.60. The Morgan fingerprint density at radius 3 is 2.75 bits per heavy atom. The first kappa shape index (κ1) is 11.4. The van der Waals surface area contributed by atoms with Gasteiger partial charge in [-0.2, -0.15) is 14.6 Å². The Bertz CT molecular complexity index is 730. The summed E-state index contributed by atoms with van der Waals surface area (Å²) < 4.78 is 1.77. The van der Waals surface area contributed by atoms with Crippen molar-refractivity contribution in [2.45, 2.75) is 25.3 Å². The van der Waals surface area contributed by atoms with Crippen molar-refractivity contribution in [3.63, 3.8) is 0 Å². The molecule has 0 saturated heterocycles. The molecule has 1 aliphatic carbocycles. The molecular weight excluding hydrogens is 250 g/mol. The maximum absolute atomic E-state index is 4.57. The van der Waals surface area contributed by atoms with Crippen molar-refractivity contribution in [1.29, 1.82) is 0 Å². The minimum absolute atomic E-state index is 0.549. The molecular formula is C15H15N5. The predicted molar refractivity (Wildman–Crippen MR) is 77.5 cm³/mol. The van der Waals surface area contributed by atoms with E-state index in [9.17, 15) is 0 Å². The van der Waals surface area contributed by atoms with Gasteiger partial charge in [-0.15, -0.1) is 0 Å². The molecule has 1 aromatic carbocycles. The van der Waals surface area contributed by atoms with E-state index in [1.165, 1.54) is 19.3 Å². The van der Waals surface area contributed by atoms with Crippen LogP contribution in [0.5, 0.6) is 0 Å². The van der Waals surface area contributed by atoms with E-state index in [4.69, 9.17) is 0 Å². The molecule has 1 saturated carbocycles. The average Bonchev–Trinajstić information content (AvgIpc) is 2.92. The highest BCUT2D eigenvalue weighted by Crippen LogP contribution is 2.26. The van der Waals surface area contributed by atoms with Crippen LogP contribution in [0.2, 0.25) is 0 Å². The van der Waals surface area contributed by atoms with Gasteiger partial charge in [0.1, 0.15) is 12.1 Å². The normalized spacial score (nSPS) is 15.2. The molecule has 100 valence electrons. The highest BCUT2D eigenvalue weighted by atomic mass is 15.4. The van der Waals surface area contributed by atoms with Crippen LogP contribution in [0.3, 0.4) is 0 Å². The van der Waals surface area contributed by atoms with Gasteiger partial charge in [0.15, 0.2) is 0 Å². The van der Waals surface area contributed by atoms with Crippen molar-refractivity contribution in [3.8, 4) is 11.3 Å². The van der Waals surface area contributed by atoms with Crippen molar-refractivity contribution in [1.82, 2.24) is 19.6 Å². The molecule has 2 aromatic heterocycles. The quantitative estimate of drug-likeness (QED) is 0.791. The molecule has 5 nitrogen and oxygen atoms in total. The van der Waals surface area contributed by atoms with E-state index >= 15 is 0 Å². The fraction of sp³-hybridized carbons (Fsp3) is 0.267. The smallest absolute Gasteiger partial charge is 0.254 e. The van der Waals surface area contributed by atoms with E-state index in [-0.39, 0.29) is 0 Å². The molecule has 0 radical (unpaired) electrons. The molecule has 0 bridgehead atoms. The third-order valence-electron chi connectivity index (χ3n) is 3.78. The molecule has 0 aliphatic heterocycles. The molecule has 2 heterocycles. The number of hydrogen-bond donors (Lipinski definition) is 1. The molecule has 1 N–H and O–H groups in total. The summed E-state index contributed by atoms with van der Waals surface area (Å²) in [6, 6.07) is 12.8. The molecule has 5 heteroatoms. The average molecular weight is 265 g/mol. The lowest BCUT2D eigenvalue weighted by atomic mass is 9.93. The number of fused-ring (bicyclic) bond motifs is 1. The van der Waals surface area contributed by atoms with Crippen LogP contribution >= 0.6 is 0 Å². The zero-order valence-electron chi connectivity index (χ0n) is 11.0. The van der Waals surface area contributed by atoms with Crippen molar-refractivity contribution in [2.75, 3.05) is 5.32 Å². The van der Waals surface area contributed by atoms with Crippen LogP contribution in [-0.2, 0) is 0 Å². The summed E-state index contributed by atoms with van der Waals surface area (Å²) in [5, 5.41) is 7.78. The van der Waals surface area contributed by atoms with Crippen LogP contribution in [0, 0.1) is 0 Å². The summed E-state index contributed by atoms with van der Waals surface area (Å²) in [7, 11) is 0. The number of benzene rings is 1. The van der Waals surface area contributed by atoms with Gasteiger partial charge in [-0.1, -0.05) is 30.3 Å². The summed E-state index contributed by atoms with van der Waals surface area (Å²) in [4.78, 5) is 8.78. The molecule has 1 aliphatic rings. The van der Waals surface area contributed by atoms with Gasteiger partial charge in [0.25, 0.3) is 5.78 Å². The Morgan fingerprint density at radius 2 is 2.00 bits per heavy atom. The molecule has 0 unspecified atom stereocenters. The lowest BCUT2D eigenvalue weighted by Gasteiger charge is -2.27. The van der Waals surface area contributed by atoms with Crippen LogP contribution in [0.4, 0.5) is 5.82 Å². The minimum Gasteiger partial charge on any atom is -0.367 e. The van der Waals surface area contributed by atoms with E-state index in [1.807, 2.05) is 18.2 Å². The molecule has 0 atom stereocenters. The van der Waals surface area contributed by atoms with Crippen LogP contribution < -0.4 is 5.32 Å². The first-order chi connectivity index (χ1) is 9.90. The number of anilines is 1. The Labute approximate surface area is 116 Å². The molecule has 1 fully saturated rings. The molecule has 0 amide bonds. The van der Waals surface area contributed by atoms with Gasteiger partial charge < -0.3 is 5.32 Å². The van der Waals surface area contributed by atoms with Crippen LogP contribution in [0.1, 0.15) is 19.3 Å². The highest BCUT2D eigenvalue weighted by molar-refractivity contribution is 5.65. The minimum atomic E-state index is 0.549. The van der Waals surface area contributed by atoms with E-state index in [0.717, 1.165) is 17.1 Å². The summed E-state index contributed by atoms with van der Waals surface area (Å²) in [6.07, 6.45) is 5.29. The first-order valence-electron chi connectivity index (χ1n) is 6.93. The second kappa shape index (κ2) is 4.59. The third-order valence-corrected chi connectivity index (χ3v) is 3.78. The van der Waals surface area contributed by atoms with Gasteiger partial charge in [-0.25, -0.2) is 4.98 Å². The van der Waals surface area contributed by atoms with Gasteiger partial charge in [-0.3, -0.25) is 0 Å². The van der Waals surface area contributed by atoms with Gasteiger partial charge in [0.2, 0.25) is 0 Å². The number of nitrogens with zero attached hydrogens (tertiary/aromatic N) is 4. The summed E-state index contributed by atoms with van der Waals surface area (Å²) >= 11 is 0. The highest BCUT2D eigenvalue weighted by Gasteiger charge is 2.19. The monoisotopic (exact) mass is 265 g/mol. The number of rotatable bonds is 3. The van der Waals surface area contributed by atoms with Crippen molar-refractivity contribution < 1.29 is 0 Å². The Kier molecular flexibility index (Phi) is 2.62. The Hall–Kier alpha value is -2.43. The molecule has 4 rings (SSSR count). The lowest BCUT2D eigenvalue weighted by Crippen LogP contribution is -2.28. The first-order valence-corrected chi connectivity index (χ1v) is 6.93. The van der Waals surface area contributed by atoms with Gasteiger partial charge >= 0.3 is 0 Å². The van der Waals surface area contributed by atoms with Gasteiger partial charge in [0, 0.05) is 17.7 Å². The van der Waals surface area contributed by atoms with E-state index < -0.39 is 0 Å². The molecule has 20 heavy (non-hydrogen) atoms. The Balaban J connectivity index is 1.81. The lowest BCUT2D eigenvalue weighted by molar-refractivity contribution is 0.443. The molecule has 3 aromatic rings. The zero-order chi connectivity index (χ0) is 13.4. The zero-order valence-corrected chi connectivity index (χ0v) is 11.0. The van der Waals surface area contributed by atoms with Gasteiger partial charge in [-0.05, 0) is 19.3 Å². The fourth-order valence-corrected chi connectivity index (χ4v) is 2.43. The van der Waals surface area contributed by atoms with E-state index in [0.29, 0.717) is 11.8 Å². The number of nitrogens with one attached hydrogen (secondary N) is 1. The molecule has 0 spiro atoms. The second-order valence-electron chi connectivity index (χ2n) is 5.14. The largest absolute Gasteiger partial charge is 0.367 e. The standard InChI is InChI=1S/C15H15N5/c1-2-5-11(6-3-1)13-9-14(18-12-7-4-8-12)20-15(19-13)16-10-17-20/h1-3,5-6,9-10,12,18H,4,7-8H2. The number of aromatic nitrogens is 4. The summed E-state index contributed by atoms with van der Waals surface area (Å²) in [6.45, 7) is 0. The van der Waals surface area contributed by atoms with Crippen molar-refractivity contribution >= 4 is 11.6 Å². The van der Waals surface area contributed by atoms with Crippen LogP contribution in [0.25, 0.3) is 17.0 Å². The topological polar surface area (TPSA) is 55.1 Å². The van der Waals surface area contributed by atoms with Crippen molar-refractivity contribution in [2.24, 2.45) is 0 Å². The second-order valence-corrected chi connectivity index (χ2v) is 5.14. The van der Waals surface area contributed by atoms with Crippen molar-refractivity contribution in [3.05, 3.63) is 42.7 Å². The maximum Gasteiger partial charge on any atom is 0.254 e. The van der Waals surface area contributed by atoms with Crippen LogP contribution in [0.15, 0.2) is 42.7 Å². The van der Waals surface area contributed by atoms with E-state index in [1.54, 1.807) is 10.8 Å². The third kappa shape index (κ3) is 1.91. The fourth-order valence-electron chi connectivity index (χ4n) is 2.43. The predicted octanol–water partition coefficient (Wildman–Crippen LogP) is 2.76.